The van der Waals surface area contributed by atoms with Gasteiger partial charge in [-0.3, -0.25) is 9.59 Å². The summed E-state index contributed by atoms with van der Waals surface area (Å²) in [6, 6.07) is 4.40. The minimum atomic E-state index is 0.179. The number of piperidine rings is 2. The van der Waals surface area contributed by atoms with Crippen LogP contribution in [0.25, 0.3) is 0 Å². The predicted octanol–water partition coefficient (Wildman–Crippen LogP) is 1.92. The molecule has 0 N–H and O–H groups in total. The van der Waals surface area contributed by atoms with Crippen LogP contribution in [0, 0.1) is 5.92 Å². The number of thiophene rings is 1. The monoisotopic (exact) mass is 391 g/mol. The molecule has 3 saturated heterocycles. The van der Waals surface area contributed by atoms with Gasteiger partial charge in [-0.15, -0.1) is 11.3 Å². The Labute approximate surface area is 165 Å². The van der Waals surface area contributed by atoms with Crippen molar-refractivity contribution in [2.75, 3.05) is 52.5 Å². The van der Waals surface area contributed by atoms with Crippen molar-refractivity contribution in [1.29, 1.82) is 0 Å². The standard InChI is InChI=1S/C20H29N3O3S/c24-19(23-11-13-26-14-12-23)16-3-7-21(8-4-16)17-5-9-22(10-6-17)20(25)18-2-1-15-27-18/h1-2,15-17H,3-14H2. The Morgan fingerprint density at radius 2 is 1.63 bits per heavy atom. The highest BCUT2D eigenvalue weighted by Crippen LogP contribution is 2.26. The zero-order valence-electron chi connectivity index (χ0n) is 15.8. The van der Waals surface area contributed by atoms with Crippen LogP contribution in [0.15, 0.2) is 17.5 Å². The van der Waals surface area contributed by atoms with E-state index in [1.54, 1.807) is 0 Å². The molecule has 27 heavy (non-hydrogen) atoms. The summed E-state index contributed by atoms with van der Waals surface area (Å²) in [6.07, 6.45) is 4.01. The summed E-state index contributed by atoms with van der Waals surface area (Å²) in [5.74, 6) is 0.687. The van der Waals surface area contributed by atoms with Crippen LogP contribution in [0.1, 0.15) is 35.4 Å². The summed E-state index contributed by atoms with van der Waals surface area (Å²) in [7, 11) is 0. The van der Waals surface area contributed by atoms with Crippen molar-refractivity contribution in [2.24, 2.45) is 5.92 Å². The van der Waals surface area contributed by atoms with E-state index in [-0.39, 0.29) is 11.8 Å². The number of likely N-dealkylation sites (tertiary alicyclic amines) is 2. The maximum Gasteiger partial charge on any atom is 0.263 e. The third-order valence-electron chi connectivity index (χ3n) is 6.20. The molecular formula is C20H29N3O3S. The molecular weight excluding hydrogens is 362 g/mol. The second kappa shape index (κ2) is 8.71. The number of carbonyl (C=O) groups is 2. The van der Waals surface area contributed by atoms with Crippen molar-refractivity contribution in [1.82, 2.24) is 14.7 Å². The van der Waals surface area contributed by atoms with Gasteiger partial charge < -0.3 is 19.4 Å². The highest BCUT2D eigenvalue weighted by molar-refractivity contribution is 7.12. The number of rotatable bonds is 3. The Balaban J connectivity index is 1.22. The molecule has 1 aromatic rings. The largest absolute Gasteiger partial charge is 0.378 e. The molecule has 4 heterocycles. The quantitative estimate of drug-likeness (QED) is 0.790. The van der Waals surface area contributed by atoms with E-state index in [2.05, 4.69) is 4.90 Å². The van der Waals surface area contributed by atoms with Gasteiger partial charge in [0.1, 0.15) is 0 Å². The first-order chi connectivity index (χ1) is 13.2. The van der Waals surface area contributed by atoms with Crippen molar-refractivity contribution < 1.29 is 14.3 Å². The molecule has 1 aromatic heterocycles. The molecule has 3 aliphatic rings. The van der Waals surface area contributed by atoms with Gasteiger partial charge in [-0.2, -0.15) is 0 Å². The van der Waals surface area contributed by atoms with Gasteiger partial charge in [-0.25, -0.2) is 0 Å². The minimum absolute atomic E-state index is 0.179. The maximum atomic E-state index is 12.7. The Morgan fingerprint density at radius 3 is 2.26 bits per heavy atom. The smallest absolute Gasteiger partial charge is 0.263 e. The van der Waals surface area contributed by atoms with E-state index in [0.29, 0.717) is 25.2 Å². The predicted molar refractivity (Wildman–Crippen MR) is 105 cm³/mol. The van der Waals surface area contributed by atoms with Gasteiger partial charge in [0, 0.05) is 38.1 Å². The lowest BCUT2D eigenvalue weighted by atomic mass is 9.92. The van der Waals surface area contributed by atoms with E-state index < -0.39 is 0 Å². The van der Waals surface area contributed by atoms with Gasteiger partial charge in [0.25, 0.3) is 5.91 Å². The first-order valence-corrected chi connectivity index (χ1v) is 11.0. The van der Waals surface area contributed by atoms with Gasteiger partial charge in [0.2, 0.25) is 5.91 Å². The summed E-state index contributed by atoms with van der Waals surface area (Å²) in [4.78, 5) is 32.5. The van der Waals surface area contributed by atoms with E-state index in [9.17, 15) is 9.59 Å². The fraction of sp³-hybridized carbons (Fsp3) is 0.700. The molecule has 4 rings (SSSR count). The molecule has 148 valence electrons. The Hall–Kier alpha value is -1.44. The third-order valence-corrected chi connectivity index (χ3v) is 7.06. The number of hydrogen-bond donors (Lipinski definition) is 0. The van der Waals surface area contributed by atoms with Crippen molar-refractivity contribution in [3.05, 3.63) is 22.4 Å². The molecule has 0 aliphatic carbocycles. The van der Waals surface area contributed by atoms with Crippen molar-refractivity contribution >= 4 is 23.2 Å². The van der Waals surface area contributed by atoms with Crippen LogP contribution in [-0.4, -0.2) is 85.0 Å². The molecule has 0 atom stereocenters. The van der Waals surface area contributed by atoms with Gasteiger partial charge in [-0.1, -0.05) is 6.07 Å². The number of carbonyl (C=O) groups excluding carboxylic acids is 2. The summed E-state index contributed by atoms with van der Waals surface area (Å²) < 4.78 is 5.35. The molecule has 0 saturated carbocycles. The van der Waals surface area contributed by atoms with Gasteiger partial charge >= 0.3 is 0 Å². The molecule has 3 aliphatic heterocycles. The van der Waals surface area contributed by atoms with Gasteiger partial charge in [0.05, 0.1) is 18.1 Å². The topological polar surface area (TPSA) is 53.1 Å². The molecule has 0 radical (unpaired) electrons. The van der Waals surface area contributed by atoms with E-state index in [1.807, 2.05) is 27.3 Å². The first kappa shape index (κ1) is 18.9. The fourth-order valence-corrected chi connectivity index (χ4v) is 5.23. The summed E-state index contributed by atoms with van der Waals surface area (Å²) in [5.41, 5.74) is 0. The number of nitrogens with zero attached hydrogens (tertiary/aromatic N) is 3. The number of morpholine rings is 1. The minimum Gasteiger partial charge on any atom is -0.378 e. The van der Waals surface area contributed by atoms with Crippen LogP contribution in [-0.2, 0) is 9.53 Å². The number of ether oxygens (including phenoxy) is 1. The van der Waals surface area contributed by atoms with Crippen LogP contribution in [0.5, 0.6) is 0 Å². The molecule has 7 heteroatoms. The molecule has 2 amide bonds. The number of hydrogen-bond acceptors (Lipinski definition) is 5. The first-order valence-electron chi connectivity index (χ1n) is 10.2. The van der Waals surface area contributed by atoms with E-state index in [1.165, 1.54) is 11.3 Å². The Bertz CT molecular complexity index is 629. The molecule has 6 nitrogen and oxygen atoms in total. The van der Waals surface area contributed by atoms with Gasteiger partial charge in [-0.05, 0) is 50.2 Å². The SMILES string of the molecule is O=C(c1cccs1)N1CCC(N2CCC(C(=O)N3CCOCC3)CC2)CC1. The normalized spacial score (nSPS) is 23.6. The number of amides is 2. The highest BCUT2D eigenvalue weighted by atomic mass is 32.1. The van der Waals surface area contributed by atoms with E-state index in [0.717, 1.165) is 69.8 Å². The van der Waals surface area contributed by atoms with E-state index in [4.69, 9.17) is 4.74 Å². The third kappa shape index (κ3) is 4.36. The van der Waals surface area contributed by atoms with Crippen LogP contribution in [0.4, 0.5) is 0 Å². The zero-order chi connectivity index (χ0) is 18.6. The lowest BCUT2D eigenvalue weighted by molar-refractivity contribution is -0.141. The average molecular weight is 392 g/mol. The Kier molecular flexibility index (Phi) is 6.10. The van der Waals surface area contributed by atoms with Crippen LogP contribution in [0.3, 0.4) is 0 Å². The van der Waals surface area contributed by atoms with Crippen molar-refractivity contribution in [3.8, 4) is 0 Å². The maximum absolute atomic E-state index is 12.7. The van der Waals surface area contributed by atoms with Crippen LogP contribution >= 0.6 is 11.3 Å². The van der Waals surface area contributed by atoms with Crippen molar-refractivity contribution in [3.63, 3.8) is 0 Å². The average Bonchev–Trinajstić information content (AvgIpc) is 3.28. The Morgan fingerprint density at radius 1 is 0.926 bits per heavy atom. The molecule has 0 aromatic carbocycles. The second-order valence-electron chi connectivity index (χ2n) is 7.75. The molecule has 0 unspecified atom stereocenters. The fourth-order valence-electron chi connectivity index (χ4n) is 4.54. The summed E-state index contributed by atoms with van der Waals surface area (Å²) in [6.45, 7) is 6.53. The van der Waals surface area contributed by atoms with Crippen LogP contribution < -0.4 is 0 Å². The van der Waals surface area contributed by atoms with Gasteiger partial charge in [0.15, 0.2) is 0 Å². The molecule has 0 bridgehead atoms. The molecule has 3 fully saturated rings. The van der Waals surface area contributed by atoms with Crippen molar-refractivity contribution in [2.45, 2.75) is 31.7 Å². The lowest BCUT2D eigenvalue weighted by Gasteiger charge is -2.42. The zero-order valence-corrected chi connectivity index (χ0v) is 16.7. The highest BCUT2D eigenvalue weighted by Gasteiger charge is 2.33. The molecule has 0 spiro atoms. The lowest BCUT2D eigenvalue weighted by Crippen LogP contribution is -2.51. The summed E-state index contributed by atoms with van der Waals surface area (Å²) in [5, 5.41) is 1.96. The second-order valence-corrected chi connectivity index (χ2v) is 8.70. The van der Waals surface area contributed by atoms with Crippen LogP contribution in [0.2, 0.25) is 0 Å². The van der Waals surface area contributed by atoms with E-state index >= 15 is 0 Å². The summed E-state index contributed by atoms with van der Waals surface area (Å²) >= 11 is 1.52.